The van der Waals surface area contributed by atoms with Crippen LogP contribution in [0.5, 0.6) is 23.0 Å². The number of rotatable bonds is 27. The summed E-state index contributed by atoms with van der Waals surface area (Å²) in [5, 5.41) is 11.0. The second kappa shape index (κ2) is 25.7. The summed E-state index contributed by atoms with van der Waals surface area (Å²) in [6.45, 7) is 4.45. The molecule has 7 nitrogen and oxygen atoms in total. The Labute approximate surface area is 290 Å². The smallest absolute Gasteiger partial charge is 0.311 e. The molecule has 0 aliphatic heterocycles. The van der Waals surface area contributed by atoms with Crippen molar-refractivity contribution in [3.8, 4) is 23.0 Å². The highest BCUT2D eigenvalue weighted by Crippen LogP contribution is 2.32. The second-order valence-electron chi connectivity index (χ2n) is 12.7. The van der Waals surface area contributed by atoms with E-state index in [9.17, 15) is 14.7 Å². The first kappa shape index (κ1) is 40.9. The van der Waals surface area contributed by atoms with Gasteiger partial charge in [-0.15, -0.1) is 0 Å². The van der Waals surface area contributed by atoms with Gasteiger partial charge in [-0.2, -0.15) is 0 Å². The van der Waals surface area contributed by atoms with Crippen molar-refractivity contribution >= 4 is 18.0 Å². The van der Waals surface area contributed by atoms with Crippen molar-refractivity contribution in [2.45, 2.75) is 148 Å². The fraction of sp³-hybridized carbons (Fsp3) is 0.610. The van der Waals surface area contributed by atoms with Crippen LogP contribution in [0, 0.1) is 0 Å². The number of ether oxygens (including phenoxy) is 4. The Morgan fingerprint density at radius 2 is 1.08 bits per heavy atom. The van der Waals surface area contributed by atoms with E-state index in [1.807, 2.05) is 0 Å². The van der Waals surface area contributed by atoms with Crippen LogP contribution in [0.4, 0.5) is 0 Å². The van der Waals surface area contributed by atoms with Crippen molar-refractivity contribution in [3.63, 3.8) is 0 Å². The average Bonchev–Trinajstić information content (AvgIpc) is 3.09. The number of hydrogen-bond donors (Lipinski definition) is 1. The standard InChI is InChI=1S/C41H62O7/c1-5-7-9-11-13-15-17-19-21-23-40(43)47-35-27-25-33(26-30-37(42)36-29-28-34(45-3)31-39(36)46-4)38(32-35)48-41(44)24-22-20-18-16-14-12-10-8-6-2/h25-32,37,42H,5-24H2,1-4H3. The second-order valence-corrected chi connectivity index (χ2v) is 12.7. The third kappa shape index (κ3) is 17.2. The first-order valence-electron chi connectivity index (χ1n) is 18.5. The molecule has 2 rings (SSSR count). The van der Waals surface area contributed by atoms with Crippen LogP contribution < -0.4 is 18.9 Å². The molecular formula is C41H62O7. The van der Waals surface area contributed by atoms with Gasteiger partial charge in [0.2, 0.25) is 0 Å². The van der Waals surface area contributed by atoms with Crippen LogP contribution in [0.1, 0.15) is 159 Å². The van der Waals surface area contributed by atoms with Crippen molar-refractivity contribution < 1.29 is 33.6 Å². The molecule has 0 aromatic heterocycles. The summed E-state index contributed by atoms with van der Waals surface area (Å²) in [5.74, 6) is 1.10. The van der Waals surface area contributed by atoms with E-state index in [2.05, 4.69) is 13.8 Å². The van der Waals surface area contributed by atoms with Gasteiger partial charge in [0.1, 0.15) is 29.1 Å². The Balaban J connectivity index is 2.00. The fourth-order valence-electron chi connectivity index (χ4n) is 5.68. The fourth-order valence-corrected chi connectivity index (χ4v) is 5.68. The molecule has 0 aliphatic carbocycles. The molecule has 1 unspecified atom stereocenters. The van der Waals surface area contributed by atoms with Crippen LogP contribution in [-0.2, 0) is 9.59 Å². The van der Waals surface area contributed by atoms with Gasteiger partial charge in [-0.05, 0) is 37.1 Å². The number of hydrogen-bond acceptors (Lipinski definition) is 7. The van der Waals surface area contributed by atoms with Crippen molar-refractivity contribution in [3.05, 3.63) is 53.6 Å². The third-order valence-corrected chi connectivity index (χ3v) is 8.63. The number of carbonyl (C=O) groups excluding carboxylic acids is 2. The highest BCUT2D eigenvalue weighted by Gasteiger charge is 2.15. The molecule has 1 N–H and O–H groups in total. The maximum atomic E-state index is 12.9. The molecule has 0 bridgehead atoms. The predicted molar refractivity (Wildman–Crippen MR) is 195 cm³/mol. The summed E-state index contributed by atoms with van der Waals surface area (Å²) in [4.78, 5) is 25.5. The minimum atomic E-state index is -0.981. The van der Waals surface area contributed by atoms with E-state index in [1.54, 1.807) is 55.7 Å². The van der Waals surface area contributed by atoms with E-state index in [0.29, 0.717) is 41.2 Å². The SMILES string of the molecule is CCCCCCCCCCCC(=O)Oc1ccc(C=CC(O)c2ccc(OC)cc2OC)c(OC(=O)CCCCCCCCCCC)c1. The molecule has 0 saturated carbocycles. The van der Waals surface area contributed by atoms with Gasteiger partial charge in [0, 0.05) is 36.1 Å². The van der Waals surface area contributed by atoms with Crippen molar-refractivity contribution in [2.24, 2.45) is 0 Å². The van der Waals surface area contributed by atoms with Crippen LogP contribution in [0.3, 0.4) is 0 Å². The van der Waals surface area contributed by atoms with Crippen LogP contribution in [0.2, 0.25) is 0 Å². The highest BCUT2D eigenvalue weighted by atomic mass is 16.5. The Hall–Kier alpha value is -3.32. The van der Waals surface area contributed by atoms with Gasteiger partial charge in [-0.3, -0.25) is 9.59 Å². The van der Waals surface area contributed by atoms with Crippen LogP contribution >= 0.6 is 0 Å². The minimum Gasteiger partial charge on any atom is -0.497 e. The van der Waals surface area contributed by atoms with E-state index in [0.717, 1.165) is 38.5 Å². The molecule has 0 saturated heterocycles. The molecule has 268 valence electrons. The van der Waals surface area contributed by atoms with Crippen LogP contribution in [0.25, 0.3) is 6.08 Å². The van der Waals surface area contributed by atoms with Gasteiger partial charge >= 0.3 is 11.9 Å². The van der Waals surface area contributed by atoms with Gasteiger partial charge in [0.15, 0.2) is 0 Å². The molecule has 2 aromatic rings. The predicted octanol–water partition coefficient (Wildman–Crippen LogP) is 11.1. The molecule has 0 spiro atoms. The number of aliphatic hydroxyl groups is 1. The molecule has 48 heavy (non-hydrogen) atoms. The van der Waals surface area contributed by atoms with Crippen molar-refractivity contribution in [2.75, 3.05) is 14.2 Å². The lowest BCUT2D eigenvalue weighted by Crippen LogP contribution is -2.10. The zero-order valence-corrected chi connectivity index (χ0v) is 30.2. The summed E-state index contributed by atoms with van der Waals surface area (Å²) in [6.07, 6.45) is 24.0. The normalized spacial score (nSPS) is 11.9. The van der Waals surface area contributed by atoms with E-state index in [1.165, 1.54) is 84.2 Å². The van der Waals surface area contributed by atoms with Gasteiger partial charge in [-0.1, -0.05) is 129 Å². The maximum Gasteiger partial charge on any atom is 0.311 e. The summed E-state index contributed by atoms with van der Waals surface area (Å²) >= 11 is 0. The van der Waals surface area contributed by atoms with Gasteiger partial charge in [0.05, 0.1) is 14.2 Å². The molecule has 0 aliphatic rings. The van der Waals surface area contributed by atoms with Gasteiger partial charge < -0.3 is 24.1 Å². The Kier molecular flexibility index (Phi) is 21.8. The molecule has 2 aromatic carbocycles. The molecule has 1 atom stereocenters. The Bertz CT molecular complexity index is 1210. The molecule has 0 fully saturated rings. The molecule has 7 heteroatoms. The summed E-state index contributed by atoms with van der Waals surface area (Å²) in [6, 6.07) is 10.2. The number of unbranched alkanes of at least 4 members (excludes halogenated alkanes) is 16. The monoisotopic (exact) mass is 666 g/mol. The summed E-state index contributed by atoms with van der Waals surface area (Å²) < 4.78 is 22.2. The first-order chi connectivity index (χ1) is 23.4. The van der Waals surface area contributed by atoms with Crippen LogP contribution in [-0.4, -0.2) is 31.3 Å². The maximum absolute atomic E-state index is 12.9. The largest absolute Gasteiger partial charge is 0.497 e. The number of esters is 2. The summed E-state index contributed by atoms with van der Waals surface area (Å²) in [5.41, 5.74) is 1.15. The Morgan fingerprint density at radius 3 is 1.60 bits per heavy atom. The van der Waals surface area contributed by atoms with E-state index >= 15 is 0 Å². The molecular weight excluding hydrogens is 604 g/mol. The average molecular weight is 667 g/mol. The zero-order chi connectivity index (χ0) is 34.8. The zero-order valence-electron chi connectivity index (χ0n) is 30.2. The first-order valence-corrected chi connectivity index (χ1v) is 18.5. The van der Waals surface area contributed by atoms with E-state index in [-0.39, 0.29) is 17.7 Å². The Morgan fingerprint density at radius 1 is 0.604 bits per heavy atom. The quantitative estimate of drug-likeness (QED) is 0.0576. The van der Waals surface area contributed by atoms with Crippen molar-refractivity contribution in [1.29, 1.82) is 0 Å². The molecule has 0 radical (unpaired) electrons. The number of aliphatic hydroxyl groups excluding tert-OH is 1. The third-order valence-electron chi connectivity index (χ3n) is 8.63. The van der Waals surface area contributed by atoms with Gasteiger partial charge in [-0.25, -0.2) is 0 Å². The number of benzene rings is 2. The number of methoxy groups -OCH3 is 2. The molecule has 0 heterocycles. The van der Waals surface area contributed by atoms with Crippen LogP contribution in [0.15, 0.2) is 42.5 Å². The van der Waals surface area contributed by atoms with E-state index < -0.39 is 6.10 Å². The van der Waals surface area contributed by atoms with Gasteiger partial charge in [0.25, 0.3) is 0 Å². The lowest BCUT2D eigenvalue weighted by Gasteiger charge is -2.14. The lowest BCUT2D eigenvalue weighted by atomic mass is 10.1. The summed E-state index contributed by atoms with van der Waals surface area (Å²) in [7, 11) is 3.11. The molecule has 0 amide bonds. The highest BCUT2D eigenvalue weighted by molar-refractivity contribution is 5.76. The van der Waals surface area contributed by atoms with Crippen molar-refractivity contribution in [1.82, 2.24) is 0 Å². The minimum absolute atomic E-state index is 0.287. The topological polar surface area (TPSA) is 91.3 Å². The van der Waals surface area contributed by atoms with E-state index in [4.69, 9.17) is 18.9 Å². The number of carbonyl (C=O) groups is 2. The lowest BCUT2D eigenvalue weighted by molar-refractivity contribution is -0.135.